The van der Waals surface area contributed by atoms with Crippen molar-refractivity contribution < 1.29 is 10.2 Å². The first-order chi connectivity index (χ1) is 9.76. The van der Waals surface area contributed by atoms with Crippen LogP contribution >= 0.6 is 11.3 Å². The molecule has 0 spiro atoms. The Morgan fingerprint density at radius 3 is 2.62 bits per heavy atom. The summed E-state index contributed by atoms with van der Waals surface area (Å²) in [5.41, 5.74) is -1.02. The molecule has 1 heterocycles. The van der Waals surface area contributed by atoms with Crippen molar-refractivity contribution in [3.05, 3.63) is 22.5 Å². The highest BCUT2D eigenvalue weighted by molar-refractivity contribution is 7.11. The van der Waals surface area contributed by atoms with Crippen LogP contribution in [0.5, 0.6) is 0 Å². The third-order valence-electron chi connectivity index (χ3n) is 4.22. The van der Waals surface area contributed by atoms with Crippen LogP contribution in [0.25, 0.3) is 0 Å². The Morgan fingerprint density at radius 1 is 1.52 bits per heavy atom. The zero-order valence-electron chi connectivity index (χ0n) is 13.0. The molecule has 1 aromatic rings. The van der Waals surface area contributed by atoms with Gasteiger partial charge in [-0.15, -0.1) is 11.3 Å². The van der Waals surface area contributed by atoms with E-state index in [0.29, 0.717) is 23.8 Å². The first-order valence-corrected chi connectivity index (χ1v) is 8.34. The molecule has 3 N–H and O–H groups in total. The zero-order valence-corrected chi connectivity index (χ0v) is 13.8. The summed E-state index contributed by atoms with van der Waals surface area (Å²) in [6.45, 7) is 5.39. The average Bonchev–Trinajstić information content (AvgIpc) is 2.90. The van der Waals surface area contributed by atoms with E-state index in [0.717, 1.165) is 29.9 Å². The zero-order chi connectivity index (χ0) is 15.7. The fourth-order valence-corrected chi connectivity index (χ4v) is 3.91. The second kappa shape index (κ2) is 6.15. The van der Waals surface area contributed by atoms with Gasteiger partial charge in [0.05, 0.1) is 4.88 Å². The van der Waals surface area contributed by atoms with Gasteiger partial charge in [0.25, 0.3) is 0 Å². The van der Waals surface area contributed by atoms with Crippen LogP contribution < -0.4 is 0 Å². The molecule has 0 bridgehead atoms. The maximum absolute atomic E-state index is 10.9. The van der Waals surface area contributed by atoms with Gasteiger partial charge in [-0.25, -0.2) is 4.98 Å². The van der Waals surface area contributed by atoms with E-state index in [1.54, 1.807) is 20.0 Å². The second-order valence-electron chi connectivity index (χ2n) is 6.53. The summed E-state index contributed by atoms with van der Waals surface area (Å²) in [5, 5.41) is 29.5. The third-order valence-corrected chi connectivity index (χ3v) is 5.72. The maximum Gasteiger partial charge on any atom is 0.124 e. The van der Waals surface area contributed by atoms with Crippen molar-refractivity contribution in [1.82, 2.24) is 4.98 Å². The van der Waals surface area contributed by atoms with Crippen LogP contribution in [0.2, 0.25) is 0 Å². The van der Waals surface area contributed by atoms with Crippen LogP contribution in [0.1, 0.15) is 62.8 Å². The quantitative estimate of drug-likeness (QED) is 0.730. The molecule has 117 valence electrons. The van der Waals surface area contributed by atoms with Gasteiger partial charge >= 0.3 is 0 Å². The highest BCUT2D eigenvalue weighted by atomic mass is 32.1. The summed E-state index contributed by atoms with van der Waals surface area (Å²) in [5.74, 6) is 0.295. The molecule has 1 radical (unpaired) electrons. The van der Waals surface area contributed by atoms with Crippen LogP contribution in [0.15, 0.2) is 6.20 Å². The fourth-order valence-electron chi connectivity index (χ4n) is 2.85. The van der Waals surface area contributed by atoms with Crippen LogP contribution in [0.4, 0.5) is 0 Å². The highest BCUT2D eigenvalue weighted by Crippen LogP contribution is 2.43. The Morgan fingerprint density at radius 2 is 2.14 bits per heavy atom. The van der Waals surface area contributed by atoms with Crippen molar-refractivity contribution in [3.8, 4) is 0 Å². The summed E-state index contributed by atoms with van der Waals surface area (Å²) in [6, 6.07) is 0. The number of hydrogen-bond donors (Lipinski definition) is 3. The molecular weight excluding hydrogens is 284 g/mol. The molecule has 1 aliphatic rings. The van der Waals surface area contributed by atoms with Gasteiger partial charge in [-0.1, -0.05) is 6.92 Å². The number of aliphatic hydroxyl groups is 2. The predicted molar refractivity (Wildman–Crippen MR) is 85.5 cm³/mol. The van der Waals surface area contributed by atoms with Crippen molar-refractivity contribution in [2.24, 2.45) is 5.92 Å². The molecule has 0 aromatic carbocycles. The first kappa shape index (κ1) is 16.6. The normalized spacial score (nSPS) is 26.8. The predicted octanol–water partition coefficient (Wildman–Crippen LogP) is 3.38. The molecule has 0 atom stereocenters. The largest absolute Gasteiger partial charge is 0.384 e. The summed E-state index contributed by atoms with van der Waals surface area (Å²) in [4.78, 5) is 5.09. The minimum Gasteiger partial charge on any atom is -0.384 e. The number of aromatic nitrogens is 1. The van der Waals surface area contributed by atoms with E-state index in [4.69, 9.17) is 5.41 Å². The first-order valence-electron chi connectivity index (χ1n) is 7.53. The monoisotopic (exact) mass is 309 g/mol. The molecule has 0 saturated heterocycles. The summed E-state index contributed by atoms with van der Waals surface area (Å²) < 4.78 is 0. The molecule has 0 amide bonds. The maximum atomic E-state index is 10.9. The number of hydrogen-bond acceptors (Lipinski definition) is 5. The lowest BCUT2D eigenvalue weighted by Crippen LogP contribution is -2.33. The van der Waals surface area contributed by atoms with E-state index in [9.17, 15) is 10.2 Å². The van der Waals surface area contributed by atoms with Gasteiger partial charge in [0.15, 0.2) is 0 Å². The summed E-state index contributed by atoms with van der Waals surface area (Å²) >= 11 is 1.39. The molecule has 1 saturated carbocycles. The molecule has 1 fully saturated rings. The van der Waals surface area contributed by atoms with Crippen molar-refractivity contribution >= 4 is 17.0 Å². The molecular formula is C16H25N2O2S. The SMILES string of the molecule is C[CH]CC(=N)C1CCC(O)(c2cnc(C(C)(C)O)s2)CC1. The van der Waals surface area contributed by atoms with Crippen molar-refractivity contribution in [1.29, 1.82) is 5.41 Å². The van der Waals surface area contributed by atoms with E-state index in [2.05, 4.69) is 4.98 Å². The van der Waals surface area contributed by atoms with Crippen LogP contribution in [-0.4, -0.2) is 20.9 Å². The lowest BCUT2D eigenvalue weighted by Gasteiger charge is -2.35. The molecule has 21 heavy (non-hydrogen) atoms. The van der Waals surface area contributed by atoms with Gasteiger partial charge in [0, 0.05) is 11.9 Å². The number of nitrogens with one attached hydrogen (secondary N) is 1. The minimum atomic E-state index is -0.963. The number of rotatable bonds is 5. The molecule has 0 aliphatic heterocycles. The standard InChI is InChI=1S/C16H25N2O2S/c1-4-5-12(17)11-6-8-16(20,9-7-11)13-10-18-14(21-13)15(2,3)19/h4,10-11,17,19-20H,5-9H2,1-3H3. The van der Waals surface area contributed by atoms with Gasteiger partial charge < -0.3 is 15.6 Å². The Labute approximate surface area is 130 Å². The number of thiazole rings is 1. The molecule has 5 heteroatoms. The minimum absolute atomic E-state index is 0.295. The third kappa shape index (κ3) is 3.71. The Kier molecular flexibility index (Phi) is 4.85. The van der Waals surface area contributed by atoms with Gasteiger partial charge in [0.2, 0.25) is 0 Å². The number of nitrogens with zero attached hydrogens (tertiary/aromatic N) is 1. The highest BCUT2D eigenvalue weighted by Gasteiger charge is 2.38. The average molecular weight is 309 g/mol. The van der Waals surface area contributed by atoms with Crippen molar-refractivity contribution in [2.45, 2.75) is 64.1 Å². The molecule has 1 aliphatic carbocycles. The van der Waals surface area contributed by atoms with Crippen molar-refractivity contribution in [3.63, 3.8) is 0 Å². The smallest absolute Gasteiger partial charge is 0.124 e. The summed E-state index contributed by atoms with van der Waals surface area (Å²) in [6.07, 6.45) is 7.48. The lowest BCUT2D eigenvalue weighted by molar-refractivity contribution is -0.00393. The van der Waals surface area contributed by atoms with E-state index < -0.39 is 11.2 Å². The van der Waals surface area contributed by atoms with Crippen LogP contribution in [-0.2, 0) is 11.2 Å². The van der Waals surface area contributed by atoms with E-state index in [-0.39, 0.29) is 0 Å². The Bertz CT molecular complexity index is 497. The van der Waals surface area contributed by atoms with E-state index >= 15 is 0 Å². The van der Waals surface area contributed by atoms with Crippen molar-refractivity contribution in [2.75, 3.05) is 0 Å². The summed E-state index contributed by atoms with van der Waals surface area (Å²) in [7, 11) is 0. The second-order valence-corrected chi connectivity index (χ2v) is 7.56. The van der Waals surface area contributed by atoms with Crippen LogP contribution in [0.3, 0.4) is 0 Å². The van der Waals surface area contributed by atoms with E-state index in [1.165, 1.54) is 11.3 Å². The molecule has 0 unspecified atom stereocenters. The topological polar surface area (TPSA) is 77.2 Å². The lowest BCUT2D eigenvalue weighted by atomic mass is 9.76. The van der Waals surface area contributed by atoms with Gasteiger partial charge in [-0.05, 0) is 58.3 Å². The fraction of sp³-hybridized carbons (Fsp3) is 0.688. The Balaban J connectivity index is 2.05. The molecule has 2 rings (SSSR count). The van der Waals surface area contributed by atoms with E-state index in [1.807, 2.05) is 13.3 Å². The van der Waals surface area contributed by atoms with Gasteiger partial charge in [0.1, 0.15) is 16.2 Å². The molecule has 4 nitrogen and oxygen atoms in total. The van der Waals surface area contributed by atoms with Gasteiger partial charge in [-0.2, -0.15) is 0 Å². The van der Waals surface area contributed by atoms with Gasteiger partial charge in [-0.3, -0.25) is 0 Å². The Hall–Kier alpha value is -0.780. The molecule has 1 aromatic heterocycles. The van der Waals surface area contributed by atoms with Crippen LogP contribution in [0, 0.1) is 17.7 Å².